The summed E-state index contributed by atoms with van der Waals surface area (Å²) >= 11 is 0. The molecule has 0 radical (unpaired) electrons. The first kappa shape index (κ1) is 22.6. The Morgan fingerprint density at radius 3 is 2.71 bits per heavy atom. The van der Waals surface area contributed by atoms with Crippen molar-refractivity contribution in [2.45, 2.75) is 25.4 Å². The smallest absolute Gasteiger partial charge is 0.356 e. The molecule has 1 aliphatic rings. The quantitative estimate of drug-likeness (QED) is 0.578. The number of carbonyl (C=O) groups is 1. The van der Waals surface area contributed by atoms with Crippen molar-refractivity contribution >= 4 is 17.6 Å². The molecule has 3 rings (SSSR count). The van der Waals surface area contributed by atoms with Gasteiger partial charge in [-0.05, 0) is 24.0 Å². The van der Waals surface area contributed by atoms with Crippen LogP contribution in [0, 0.1) is 0 Å². The number of nitrogens with one attached hydrogen (secondary N) is 1. The monoisotopic (exact) mass is 436 g/mol. The SMILES string of the molecule is CN=C(NCCC(C)c1cccc(C(F)(F)F)c1)N1CCN(c2cnn(C)c2)C(=O)C1. The van der Waals surface area contributed by atoms with Crippen LogP contribution in [0.25, 0.3) is 0 Å². The molecule has 7 nitrogen and oxygen atoms in total. The number of anilines is 1. The highest BCUT2D eigenvalue weighted by Gasteiger charge is 2.31. The highest BCUT2D eigenvalue weighted by Crippen LogP contribution is 2.31. The van der Waals surface area contributed by atoms with E-state index in [9.17, 15) is 18.0 Å². The van der Waals surface area contributed by atoms with Crippen LogP contribution in [-0.2, 0) is 18.0 Å². The third-order valence-corrected chi connectivity index (χ3v) is 5.38. The Labute approximate surface area is 179 Å². The molecule has 2 aromatic rings. The van der Waals surface area contributed by atoms with E-state index in [2.05, 4.69) is 15.4 Å². The van der Waals surface area contributed by atoms with Gasteiger partial charge in [-0.25, -0.2) is 0 Å². The van der Waals surface area contributed by atoms with Crippen molar-refractivity contribution in [2.24, 2.45) is 12.0 Å². The molecular weight excluding hydrogens is 409 g/mol. The number of nitrogens with zero attached hydrogens (tertiary/aromatic N) is 5. The Bertz CT molecular complexity index is 939. The van der Waals surface area contributed by atoms with Crippen LogP contribution in [0.2, 0.25) is 0 Å². The minimum atomic E-state index is -4.35. The van der Waals surface area contributed by atoms with Gasteiger partial charge in [-0.1, -0.05) is 25.1 Å². The summed E-state index contributed by atoms with van der Waals surface area (Å²) in [5.41, 5.74) is 0.780. The number of guanidine groups is 1. The highest BCUT2D eigenvalue weighted by molar-refractivity contribution is 5.98. The van der Waals surface area contributed by atoms with Gasteiger partial charge in [0.2, 0.25) is 5.91 Å². The molecule has 0 spiro atoms. The number of piperazine rings is 1. The molecule has 168 valence electrons. The second-order valence-corrected chi connectivity index (χ2v) is 7.63. The number of alkyl halides is 3. The van der Waals surface area contributed by atoms with Crippen molar-refractivity contribution in [3.8, 4) is 0 Å². The minimum Gasteiger partial charge on any atom is -0.356 e. The third-order valence-electron chi connectivity index (χ3n) is 5.38. The fourth-order valence-corrected chi connectivity index (χ4v) is 3.60. The number of aromatic nitrogens is 2. The summed E-state index contributed by atoms with van der Waals surface area (Å²) in [4.78, 5) is 20.4. The molecule has 1 atom stereocenters. The van der Waals surface area contributed by atoms with Gasteiger partial charge in [-0.2, -0.15) is 18.3 Å². The lowest BCUT2D eigenvalue weighted by molar-refractivity contribution is -0.137. The van der Waals surface area contributed by atoms with Gasteiger partial charge >= 0.3 is 6.18 Å². The molecule has 1 aromatic heterocycles. The molecule has 1 fully saturated rings. The molecule has 0 bridgehead atoms. The molecule has 1 N–H and O–H groups in total. The van der Waals surface area contributed by atoms with Gasteiger partial charge in [-0.3, -0.25) is 14.5 Å². The fourth-order valence-electron chi connectivity index (χ4n) is 3.60. The third kappa shape index (κ3) is 5.56. The van der Waals surface area contributed by atoms with Crippen molar-refractivity contribution in [1.29, 1.82) is 0 Å². The first-order valence-electron chi connectivity index (χ1n) is 10.1. The number of rotatable bonds is 5. The summed E-state index contributed by atoms with van der Waals surface area (Å²) in [5, 5.41) is 7.34. The summed E-state index contributed by atoms with van der Waals surface area (Å²) in [7, 11) is 3.45. The molecule has 1 aromatic carbocycles. The maximum atomic E-state index is 12.9. The van der Waals surface area contributed by atoms with E-state index < -0.39 is 11.7 Å². The van der Waals surface area contributed by atoms with Crippen LogP contribution in [0.4, 0.5) is 18.9 Å². The van der Waals surface area contributed by atoms with Crippen molar-refractivity contribution < 1.29 is 18.0 Å². The van der Waals surface area contributed by atoms with Crippen LogP contribution in [0.5, 0.6) is 0 Å². The van der Waals surface area contributed by atoms with Crippen LogP contribution in [0.3, 0.4) is 0 Å². The van der Waals surface area contributed by atoms with Crippen LogP contribution in [0.15, 0.2) is 41.7 Å². The minimum absolute atomic E-state index is 0.0421. The predicted molar refractivity (Wildman–Crippen MR) is 113 cm³/mol. The van der Waals surface area contributed by atoms with Gasteiger partial charge in [0.15, 0.2) is 5.96 Å². The van der Waals surface area contributed by atoms with Crippen LogP contribution >= 0.6 is 0 Å². The molecule has 1 aliphatic heterocycles. The molecule has 31 heavy (non-hydrogen) atoms. The average molecular weight is 436 g/mol. The van der Waals surface area contributed by atoms with E-state index in [1.165, 1.54) is 12.1 Å². The maximum Gasteiger partial charge on any atom is 0.416 e. The van der Waals surface area contributed by atoms with Gasteiger partial charge in [0, 0.05) is 39.9 Å². The van der Waals surface area contributed by atoms with E-state index >= 15 is 0 Å². The first-order valence-corrected chi connectivity index (χ1v) is 10.1. The lowest BCUT2D eigenvalue weighted by atomic mass is 9.96. The van der Waals surface area contributed by atoms with Crippen LogP contribution in [0.1, 0.15) is 30.4 Å². The van der Waals surface area contributed by atoms with Crippen molar-refractivity contribution in [1.82, 2.24) is 20.0 Å². The molecule has 10 heteroatoms. The lowest BCUT2D eigenvalue weighted by Gasteiger charge is -2.35. The molecule has 0 saturated carbocycles. The van der Waals surface area contributed by atoms with Crippen LogP contribution in [-0.4, -0.2) is 59.8 Å². The van der Waals surface area contributed by atoms with E-state index in [4.69, 9.17) is 0 Å². The zero-order chi connectivity index (χ0) is 22.6. The van der Waals surface area contributed by atoms with E-state index in [1.807, 2.05) is 11.8 Å². The number of aliphatic imine (C=N–C) groups is 1. The summed E-state index contributed by atoms with van der Waals surface area (Å²) in [6.07, 6.45) is -0.254. The second kappa shape index (κ2) is 9.40. The van der Waals surface area contributed by atoms with Crippen molar-refractivity contribution in [3.05, 3.63) is 47.8 Å². The number of carbonyl (C=O) groups excluding carboxylic acids is 1. The first-order chi connectivity index (χ1) is 14.7. The molecule has 1 amide bonds. The second-order valence-electron chi connectivity index (χ2n) is 7.63. The molecule has 2 heterocycles. The van der Waals surface area contributed by atoms with Crippen LogP contribution < -0.4 is 10.2 Å². The largest absolute Gasteiger partial charge is 0.416 e. The lowest BCUT2D eigenvalue weighted by Crippen LogP contribution is -2.55. The Kier molecular flexibility index (Phi) is 6.87. The number of aryl methyl sites for hydroxylation is 1. The zero-order valence-corrected chi connectivity index (χ0v) is 17.9. The van der Waals surface area contributed by atoms with Gasteiger partial charge in [0.05, 0.1) is 17.4 Å². The fraction of sp³-hybridized carbons (Fsp3) is 0.476. The standard InChI is InChI=1S/C21H27F3N6O/c1-15(16-5-4-6-17(11-16)21(22,23)24)7-8-26-20(25-2)29-9-10-30(19(31)14-29)18-12-27-28(3)13-18/h4-6,11-13,15H,7-10,14H2,1-3H3,(H,25,26). The number of hydrogen-bond donors (Lipinski definition) is 1. The topological polar surface area (TPSA) is 65.8 Å². The molecule has 1 saturated heterocycles. The van der Waals surface area contributed by atoms with Gasteiger partial charge in [-0.15, -0.1) is 0 Å². The summed E-state index contributed by atoms with van der Waals surface area (Å²) in [5.74, 6) is 0.506. The Balaban J connectivity index is 1.52. The number of amides is 1. The maximum absolute atomic E-state index is 12.9. The van der Waals surface area contributed by atoms with Gasteiger partial charge in [0.25, 0.3) is 0 Å². The summed E-state index contributed by atoms with van der Waals surface area (Å²) < 4.78 is 40.5. The summed E-state index contributed by atoms with van der Waals surface area (Å²) in [6.45, 7) is 3.75. The predicted octanol–water partition coefficient (Wildman–Crippen LogP) is 2.86. The van der Waals surface area contributed by atoms with E-state index in [-0.39, 0.29) is 18.4 Å². The number of benzene rings is 1. The molecule has 0 aliphatic carbocycles. The van der Waals surface area contributed by atoms with E-state index in [0.29, 0.717) is 37.6 Å². The summed E-state index contributed by atoms with van der Waals surface area (Å²) in [6, 6.07) is 5.44. The molecular formula is C21H27F3N6O. The van der Waals surface area contributed by atoms with E-state index in [1.54, 1.807) is 42.1 Å². The molecule has 1 unspecified atom stereocenters. The number of hydrogen-bond acceptors (Lipinski definition) is 3. The number of halogens is 3. The van der Waals surface area contributed by atoms with Crippen molar-refractivity contribution in [3.63, 3.8) is 0 Å². The van der Waals surface area contributed by atoms with Gasteiger partial charge in [0.1, 0.15) is 6.54 Å². The Hall–Kier alpha value is -3.04. The van der Waals surface area contributed by atoms with Gasteiger partial charge < -0.3 is 15.1 Å². The zero-order valence-electron chi connectivity index (χ0n) is 17.9. The van der Waals surface area contributed by atoms with Crippen molar-refractivity contribution in [2.75, 3.05) is 38.1 Å². The normalized spacial score (nSPS) is 16.6. The Morgan fingerprint density at radius 2 is 2.10 bits per heavy atom. The highest BCUT2D eigenvalue weighted by atomic mass is 19.4. The Morgan fingerprint density at radius 1 is 1.32 bits per heavy atom. The average Bonchev–Trinajstić information content (AvgIpc) is 3.16. The van der Waals surface area contributed by atoms with E-state index in [0.717, 1.165) is 11.8 Å².